The number of H-pyrrole nitrogens is 1. The van der Waals surface area contributed by atoms with Crippen molar-refractivity contribution in [3.63, 3.8) is 0 Å². The van der Waals surface area contributed by atoms with Crippen molar-refractivity contribution in [2.75, 3.05) is 85.1 Å². The second-order valence-electron chi connectivity index (χ2n) is 20.5. The molecule has 0 bridgehead atoms. The predicted molar refractivity (Wildman–Crippen MR) is 287 cm³/mol. The lowest BCUT2D eigenvalue weighted by Crippen LogP contribution is -2.52. The van der Waals surface area contributed by atoms with Crippen molar-refractivity contribution in [2.24, 2.45) is 11.8 Å². The summed E-state index contributed by atoms with van der Waals surface area (Å²) in [6.45, 7) is -0.608. The van der Waals surface area contributed by atoms with Gasteiger partial charge in [-0.15, -0.1) is 4.74 Å². The van der Waals surface area contributed by atoms with E-state index in [4.69, 9.17) is 0 Å². The molecule has 5 amide bonds. The molecule has 1 saturated heterocycles. The number of carbonyl (C=O) groups is 10. The summed E-state index contributed by atoms with van der Waals surface area (Å²) in [5, 5.41) is 73.0. The summed E-state index contributed by atoms with van der Waals surface area (Å²) >= 11 is 0. The largest absolute Gasteiger partial charge is 0.480 e. The molecule has 30 heteroatoms. The van der Waals surface area contributed by atoms with Crippen LogP contribution in [0.5, 0.6) is 0 Å². The van der Waals surface area contributed by atoms with E-state index in [0.29, 0.717) is 30.4 Å². The Morgan fingerprint density at radius 3 is 1.71 bits per heavy atom. The summed E-state index contributed by atoms with van der Waals surface area (Å²) < 4.78 is 4.92. The van der Waals surface area contributed by atoms with Gasteiger partial charge in [-0.3, -0.25) is 53.2 Å². The molecule has 1 aliphatic heterocycles. The van der Waals surface area contributed by atoms with Crippen LogP contribution in [0, 0.1) is 11.8 Å². The van der Waals surface area contributed by atoms with Gasteiger partial charge in [0.2, 0.25) is 17.7 Å². The van der Waals surface area contributed by atoms with Crippen molar-refractivity contribution in [2.45, 2.75) is 94.9 Å². The zero-order chi connectivity index (χ0) is 59.9. The third kappa shape index (κ3) is 22.0. The van der Waals surface area contributed by atoms with Gasteiger partial charge in [0.05, 0.1) is 26.2 Å². The number of carboxylic acids is 6. The number of amides is 5. The highest BCUT2D eigenvalue weighted by Gasteiger charge is 2.33. The number of aliphatic carboxylic acids is 6. The number of urea groups is 1. The standard InChI is InChI=1S/C52H73N11O19/c64-41(15-14-40(49(77)78)62-23-21-60(30-43(67)68)19-17-59(29-42(65)66)18-20-61(22-24-62)31-44(69)70)54-27-32-8-12-35(13-9-32)45(71)55-38(26-33-10-11-34-5-1-2-6-36(34)25-33)46(72)53-16-4-3-7-37(47(73)74)56-50(79)57-39(48(75)76)28-63-51(80)58-52(81)82-63/h1-2,5-6,10-11,25,32,35,37-40H,3-4,7-9,12-24,26-31H2,(H,53,72)(H,54,64)(H,55,71)(H,65,66)(H,67,68)(H,69,70)(H,73,74)(H,75,76)(H,77,78)(H2,56,57,79)(H,58,80,81)/t32?,35?,37-,38-,39-,40?/m0/s1. The maximum absolute atomic E-state index is 13.9. The van der Waals surface area contributed by atoms with E-state index in [1.54, 1.807) is 24.6 Å². The summed E-state index contributed by atoms with van der Waals surface area (Å²) in [5.74, 6) is -10.5. The van der Waals surface area contributed by atoms with Crippen molar-refractivity contribution in [1.29, 1.82) is 0 Å². The molecule has 30 nitrogen and oxygen atoms in total. The van der Waals surface area contributed by atoms with Crippen LogP contribution >= 0.6 is 0 Å². The van der Waals surface area contributed by atoms with E-state index in [1.165, 1.54) is 0 Å². The normalized spacial score (nSPS) is 18.5. The third-order valence-electron chi connectivity index (χ3n) is 14.4. The molecule has 2 heterocycles. The van der Waals surface area contributed by atoms with E-state index >= 15 is 0 Å². The number of carbonyl (C=O) groups excluding carboxylic acids is 4. The van der Waals surface area contributed by atoms with Gasteiger partial charge in [-0.1, -0.05) is 42.5 Å². The van der Waals surface area contributed by atoms with Gasteiger partial charge in [0.1, 0.15) is 24.2 Å². The highest BCUT2D eigenvalue weighted by molar-refractivity contribution is 5.90. The lowest BCUT2D eigenvalue weighted by atomic mass is 9.81. The summed E-state index contributed by atoms with van der Waals surface area (Å²) in [6.07, 6.45) is 2.14. The molecular weight excluding hydrogens is 1080 g/mol. The van der Waals surface area contributed by atoms with Crippen LogP contribution in [0.25, 0.3) is 10.8 Å². The quantitative estimate of drug-likeness (QED) is 0.0339. The number of benzene rings is 2. The maximum atomic E-state index is 13.9. The van der Waals surface area contributed by atoms with Gasteiger partial charge in [-0.2, -0.15) is 0 Å². The number of hydrogen-bond donors (Lipinski definition) is 12. The Morgan fingerprint density at radius 1 is 0.610 bits per heavy atom. The molecule has 2 aromatic carbocycles. The number of unbranched alkanes of at least 4 members (excludes halogenated alkanes) is 1. The molecule has 450 valence electrons. The molecular formula is C52H73N11O19. The zero-order valence-corrected chi connectivity index (χ0v) is 45.2. The van der Waals surface area contributed by atoms with Crippen LogP contribution in [-0.4, -0.2) is 229 Å². The van der Waals surface area contributed by atoms with E-state index in [-0.39, 0.29) is 135 Å². The highest BCUT2D eigenvalue weighted by atomic mass is 16.5. The molecule has 0 spiro atoms. The van der Waals surface area contributed by atoms with E-state index in [1.807, 2.05) is 47.8 Å². The van der Waals surface area contributed by atoms with Crippen LogP contribution in [0.1, 0.15) is 63.4 Å². The van der Waals surface area contributed by atoms with Crippen molar-refractivity contribution >= 4 is 70.3 Å². The van der Waals surface area contributed by atoms with Crippen LogP contribution in [-0.2, 0) is 56.1 Å². The smallest absolute Gasteiger partial charge is 0.440 e. The van der Waals surface area contributed by atoms with Crippen molar-refractivity contribution < 1.29 is 83.1 Å². The van der Waals surface area contributed by atoms with Crippen LogP contribution in [0.15, 0.2) is 56.6 Å². The number of carboxylic acid groups (broad SMARTS) is 6. The minimum atomic E-state index is -1.78. The minimum Gasteiger partial charge on any atom is -0.480 e. The minimum absolute atomic E-state index is 0.0125. The fourth-order valence-electron chi connectivity index (χ4n) is 9.93. The molecule has 2 aliphatic rings. The second kappa shape index (κ2) is 32.3. The average Bonchev–Trinajstić information content (AvgIpc) is 3.76. The Kier molecular flexibility index (Phi) is 25.4. The van der Waals surface area contributed by atoms with Crippen molar-refractivity contribution in [3.8, 4) is 0 Å². The monoisotopic (exact) mass is 1160 g/mol. The Balaban J connectivity index is 1.12. The highest BCUT2D eigenvalue weighted by Crippen LogP contribution is 2.29. The van der Waals surface area contributed by atoms with Gasteiger partial charge < -0.3 is 61.7 Å². The van der Waals surface area contributed by atoms with Crippen molar-refractivity contribution in [1.82, 2.24) is 55.9 Å². The fraction of sp³-hybridized carbons (Fsp3) is 0.577. The number of nitrogens with zero attached hydrogens (tertiary/aromatic N) is 5. The van der Waals surface area contributed by atoms with Crippen LogP contribution in [0.4, 0.5) is 4.79 Å². The number of fused-ring (bicyclic) bond motifs is 1. The van der Waals surface area contributed by atoms with Crippen LogP contribution in [0.2, 0.25) is 0 Å². The summed E-state index contributed by atoms with van der Waals surface area (Å²) in [5.41, 5.74) is -0.290. The summed E-state index contributed by atoms with van der Waals surface area (Å²) in [6, 6.07) is 6.66. The SMILES string of the molecule is O=C(O)CN1CCN(CC(=O)O)CCN(C(CCC(=O)NCC2CCC(C(=O)N[C@@H](Cc3ccc4ccccc4c3)C(=O)NCCCC[C@H](NC(=O)N[C@@H](Cn3oc(=O)[nH]c3=O)C(=O)O)C(=O)O)CC2)C(=O)O)CCN(CC(=O)O)CC1. The molecule has 2 fully saturated rings. The Morgan fingerprint density at radius 2 is 1.17 bits per heavy atom. The number of rotatable bonds is 29. The number of aromatic nitrogens is 2. The Hall–Kier alpha value is -8.22. The van der Waals surface area contributed by atoms with E-state index in [9.17, 15) is 88.2 Å². The number of nitrogens with one attached hydrogen (secondary N) is 6. The van der Waals surface area contributed by atoms with E-state index < -0.39 is 102 Å². The van der Waals surface area contributed by atoms with Gasteiger partial charge in [-0.25, -0.2) is 29.0 Å². The molecule has 1 aliphatic carbocycles. The molecule has 1 unspecified atom stereocenters. The van der Waals surface area contributed by atoms with Crippen LogP contribution < -0.4 is 38.0 Å². The molecule has 3 aromatic rings. The molecule has 0 radical (unpaired) electrons. The maximum Gasteiger partial charge on any atom is 0.440 e. The van der Waals surface area contributed by atoms with Gasteiger partial charge in [0.25, 0.3) is 0 Å². The Labute approximate surface area is 469 Å². The van der Waals surface area contributed by atoms with E-state index in [0.717, 1.165) is 16.3 Å². The summed E-state index contributed by atoms with van der Waals surface area (Å²) in [4.78, 5) is 156. The van der Waals surface area contributed by atoms with Crippen LogP contribution in [0.3, 0.4) is 0 Å². The first-order valence-corrected chi connectivity index (χ1v) is 27.0. The average molecular weight is 1160 g/mol. The predicted octanol–water partition coefficient (Wildman–Crippen LogP) is -1.87. The molecule has 5 rings (SSSR count). The summed E-state index contributed by atoms with van der Waals surface area (Å²) in [7, 11) is 0. The third-order valence-corrected chi connectivity index (χ3v) is 14.4. The van der Waals surface area contributed by atoms with Gasteiger partial charge in [-0.05, 0) is 73.6 Å². The first-order chi connectivity index (χ1) is 39.0. The second-order valence-corrected chi connectivity index (χ2v) is 20.5. The lowest BCUT2D eigenvalue weighted by molar-refractivity contribution is -0.145. The topological polar surface area (TPSA) is 433 Å². The Bertz CT molecular complexity index is 2800. The molecule has 1 saturated carbocycles. The molecule has 4 atom stereocenters. The number of aromatic amines is 1. The zero-order valence-electron chi connectivity index (χ0n) is 45.2. The van der Waals surface area contributed by atoms with Crippen molar-refractivity contribution in [3.05, 3.63) is 69.1 Å². The van der Waals surface area contributed by atoms with Gasteiger partial charge in [0.15, 0.2) is 0 Å². The molecule has 12 N–H and O–H groups in total. The van der Waals surface area contributed by atoms with E-state index in [2.05, 4.69) is 25.8 Å². The number of hydrogen-bond acceptors (Lipinski definition) is 17. The fourth-order valence-corrected chi connectivity index (χ4v) is 9.93. The molecule has 82 heavy (non-hydrogen) atoms. The first-order valence-electron chi connectivity index (χ1n) is 27.0. The first kappa shape index (κ1) is 64.6. The lowest BCUT2D eigenvalue weighted by Gasteiger charge is -2.35. The van der Waals surface area contributed by atoms with Gasteiger partial charge >= 0.3 is 53.3 Å². The molecule has 1 aromatic heterocycles. The van der Waals surface area contributed by atoms with Gasteiger partial charge in [0, 0.05) is 84.2 Å².